The number of aliphatic hydroxyl groups is 1. The fourth-order valence-corrected chi connectivity index (χ4v) is 3.08. The molecule has 164 valence electrons. The van der Waals surface area contributed by atoms with Crippen molar-refractivity contribution in [2.75, 3.05) is 18.7 Å². The summed E-state index contributed by atoms with van der Waals surface area (Å²) in [7, 11) is 0. The van der Waals surface area contributed by atoms with Gasteiger partial charge in [0.15, 0.2) is 0 Å². The smallest absolute Gasteiger partial charge is 0.268 e. The Balaban J connectivity index is 1.74. The predicted octanol–water partition coefficient (Wildman–Crippen LogP) is 3.55. The number of nitrogens with zero attached hydrogens (tertiary/aromatic N) is 2. The molecular formula is C23H29N5O3. The van der Waals surface area contributed by atoms with Crippen LogP contribution < -0.4 is 10.8 Å². The third kappa shape index (κ3) is 5.90. The lowest BCUT2D eigenvalue weighted by atomic mass is 10.0. The molecule has 0 saturated carbocycles. The summed E-state index contributed by atoms with van der Waals surface area (Å²) in [6.07, 6.45) is 3.43. The summed E-state index contributed by atoms with van der Waals surface area (Å²) < 4.78 is 0. The molecule has 31 heavy (non-hydrogen) atoms. The van der Waals surface area contributed by atoms with Crippen LogP contribution in [0.15, 0.2) is 42.7 Å². The fraction of sp³-hybridized carbons (Fsp3) is 0.348. The highest BCUT2D eigenvalue weighted by Crippen LogP contribution is 2.23. The van der Waals surface area contributed by atoms with Gasteiger partial charge in [0.05, 0.1) is 24.9 Å². The van der Waals surface area contributed by atoms with Gasteiger partial charge in [-0.2, -0.15) is 0 Å². The molecule has 4 N–H and O–H groups in total. The lowest BCUT2D eigenvalue weighted by Gasteiger charge is -2.16. The van der Waals surface area contributed by atoms with Crippen molar-refractivity contribution in [3.8, 4) is 11.3 Å². The van der Waals surface area contributed by atoms with Gasteiger partial charge in [-0.3, -0.25) is 9.63 Å². The van der Waals surface area contributed by atoms with Crippen molar-refractivity contribution >= 4 is 11.9 Å². The van der Waals surface area contributed by atoms with Gasteiger partial charge in [-0.1, -0.05) is 43.7 Å². The Labute approximate surface area is 182 Å². The first-order valence-electron chi connectivity index (χ1n) is 10.3. The van der Waals surface area contributed by atoms with E-state index >= 15 is 0 Å². The van der Waals surface area contributed by atoms with E-state index in [1.807, 2.05) is 38.1 Å². The maximum absolute atomic E-state index is 12.8. The Morgan fingerprint density at radius 2 is 2.06 bits per heavy atom. The van der Waals surface area contributed by atoms with Crippen molar-refractivity contribution in [2.45, 2.75) is 33.7 Å². The van der Waals surface area contributed by atoms with Crippen molar-refractivity contribution in [3.63, 3.8) is 0 Å². The zero-order valence-corrected chi connectivity index (χ0v) is 18.3. The number of benzene rings is 1. The summed E-state index contributed by atoms with van der Waals surface area (Å²) in [5.74, 6) is 0.427. The molecule has 0 aliphatic rings. The molecule has 8 nitrogen and oxygen atoms in total. The number of aromatic nitrogens is 3. The second kappa shape index (κ2) is 10.2. The monoisotopic (exact) mass is 423 g/mol. The average molecular weight is 424 g/mol. The number of H-pyrrole nitrogens is 1. The van der Waals surface area contributed by atoms with Crippen LogP contribution >= 0.6 is 0 Å². The highest BCUT2D eigenvalue weighted by Gasteiger charge is 2.18. The van der Waals surface area contributed by atoms with E-state index in [-0.39, 0.29) is 12.5 Å². The molecule has 3 rings (SSSR count). The zero-order chi connectivity index (χ0) is 22.4. The van der Waals surface area contributed by atoms with Gasteiger partial charge in [0, 0.05) is 18.0 Å². The second-order valence-electron chi connectivity index (χ2n) is 7.96. The molecule has 1 aromatic carbocycles. The number of anilines is 1. The van der Waals surface area contributed by atoms with E-state index < -0.39 is 6.04 Å². The number of aliphatic hydroxyl groups excluding tert-OH is 1. The van der Waals surface area contributed by atoms with Crippen LogP contribution in [0.2, 0.25) is 0 Å². The van der Waals surface area contributed by atoms with E-state index in [0.29, 0.717) is 29.9 Å². The molecule has 0 spiro atoms. The number of aromatic amines is 1. The molecule has 1 amide bonds. The number of aryl methyl sites for hydroxylation is 2. The molecule has 0 saturated heterocycles. The van der Waals surface area contributed by atoms with Crippen LogP contribution in [0.4, 0.5) is 5.95 Å². The predicted molar refractivity (Wildman–Crippen MR) is 119 cm³/mol. The van der Waals surface area contributed by atoms with Gasteiger partial charge >= 0.3 is 0 Å². The Morgan fingerprint density at radius 3 is 2.77 bits per heavy atom. The average Bonchev–Trinajstić information content (AvgIpc) is 3.23. The van der Waals surface area contributed by atoms with E-state index in [1.54, 1.807) is 18.5 Å². The molecule has 0 unspecified atom stereocenters. The number of rotatable bonds is 9. The van der Waals surface area contributed by atoms with Gasteiger partial charge in [-0.25, -0.2) is 15.4 Å². The third-order valence-corrected chi connectivity index (χ3v) is 4.69. The second-order valence-corrected chi connectivity index (χ2v) is 7.96. The Bertz CT molecular complexity index is 1030. The van der Waals surface area contributed by atoms with Gasteiger partial charge in [-0.15, -0.1) is 0 Å². The summed E-state index contributed by atoms with van der Waals surface area (Å²) in [5, 5.41) is 12.6. The topological polar surface area (TPSA) is 112 Å². The number of amides is 1. The lowest BCUT2D eigenvalue weighted by molar-refractivity contribution is 0.0911. The lowest BCUT2D eigenvalue weighted by Crippen LogP contribution is -2.31. The van der Waals surface area contributed by atoms with Gasteiger partial charge in [-0.05, 0) is 37.0 Å². The van der Waals surface area contributed by atoms with E-state index in [2.05, 4.69) is 39.6 Å². The first-order chi connectivity index (χ1) is 14.9. The number of carbonyl (C=O) groups is 1. The molecular weight excluding hydrogens is 394 g/mol. The third-order valence-electron chi connectivity index (χ3n) is 4.69. The van der Waals surface area contributed by atoms with Crippen LogP contribution in [-0.4, -0.2) is 39.2 Å². The molecule has 1 atom stereocenters. The van der Waals surface area contributed by atoms with E-state index in [1.165, 1.54) is 0 Å². The normalized spacial score (nSPS) is 12.1. The Morgan fingerprint density at radius 1 is 1.26 bits per heavy atom. The summed E-state index contributed by atoms with van der Waals surface area (Å²) in [4.78, 5) is 29.9. The largest absolute Gasteiger partial charge is 0.394 e. The standard InChI is InChI=1S/C23H29N5O3/c1-14(2)13-31-28-23-25-10-16(4)21(27-23)18-9-19(24-11-18)22(30)26-20(12-29)17-7-5-6-15(3)8-17/h5-11,14,20,24,29H,12-13H2,1-4H3,(H,26,30)(H,25,27,28)/t20-/m1/s1. The highest BCUT2D eigenvalue weighted by atomic mass is 16.6. The fourth-order valence-electron chi connectivity index (χ4n) is 3.08. The highest BCUT2D eigenvalue weighted by molar-refractivity contribution is 5.94. The van der Waals surface area contributed by atoms with Gasteiger partial charge in [0.2, 0.25) is 5.95 Å². The van der Waals surface area contributed by atoms with Crippen molar-refractivity contribution in [3.05, 3.63) is 65.1 Å². The van der Waals surface area contributed by atoms with Crippen LogP contribution in [0.1, 0.15) is 47.1 Å². The molecule has 0 aliphatic heterocycles. The van der Waals surface area contributed by atoms with Crippen LogP contribution in [-0.2, 0) is 4.84 Å². The van der Waals surface area contributed by atoms with Crippen LogP contribution in [0, 0.1) is 19.8 Å². The van der Waals surface area contributed by atoms with Gasteiger partial charge < -0.3 is 15.4 Å². The summed E-state index contributed by atoms with van der Waals surface area (Å²) in [5.41, 5.74) is 7.37. The Hall–Kier alpha value is -3.23. The minimum Gasteiger partial charge on any atom is -0.394 e. The number of nitrogens with one attached hydrogen (secondary N) is 3. The van der Waals surface area contributed by atoms with E-state index in [9.17, 15) is 9.90 Å². The maximum atomic E-state index is 12.8. The van der Waals surface area contributed by atoms with Crippen molar-refractivity contribution in [2.24, 2.45) is 5.92 Å². The number of hydrogen-bond acceptors (Lipinski definition) is 6. The molecule has 2 heterocycles. The van der Waals surface area contributed by atoms with Crippen LogP contribution in [0.5, 0.6) is 0 Å². The van der Waals surface area contributed by atoms with Crippen molar-refractivity contribution in [1.29, 1.82) is 0 Å². The minimum atomic E-state index is -0.492. The van der Waals surface area contributed by atoms with Gasteiger partial charge in [0.25, 0.3) is 5.91 Å². The van der Waals surface area contributed by atoms with Crippen molar-refractivity contribution in [1.82, 2.24) is 20.3 Å². The minimum absolute atomic E-state index is 0.195. The zero-order valence-electron chi connectivity index (χ0n) is 18.3. The van der Waals surface area contributed by atoms with E-state index in [4.69, 9.17) is 4.84 Å². The molecule has 8 heteroatoms. The quantitative estimate of drug-likeness (QED) is 0.392. The number of hydrogen-bond donors (Lipinski definition) is 4. The molecule has 3 aromatic rings. The number of carbonyl (C=O) groups excluding carboxylic acids is 1. The first-order valence-corrected chi connectivity index (χ1v) is 10.3. The summed E-state index contributed by atoms with van der Waals surface area (Å²) >= 11 is 0. The SMILES string of the molecule is Cc1cccc([C@@H](CO)NC(=O)c2cc(-c3nc(NOCC(C)C)ncc3C)c[nH]2)c1. The van der Waals surface area contributed by atoms with Crippen LogP contribution in [0.25, 0.3) is 11.3 Å². The summed E-state index contributed by atoms with van der Waals surface area (Å²) in [6.45, 7) is 8.32. The maximum Gasteiger partial charge on any atom is 0.268 e. The van der Waals surface area contributed by atoms with Crippen molar-refractivity contribution < 1.29 is 14.7 Å². The molecule has 0 bridgehead atoms. The van der Waals surface area contributed by atoms with Crippen LogP contribution in [0.3, 0.4) is 0 Å². The molecule has 0 radical (unpaired) electrons. The molecule has 0 aliphatic carbocycles. The van der Waals surface area contributed by atoms with E-state index in [0.717, 1.165) is 22.3 Å². The molecule has 0 fully saturated rings. The Kier molecular flexibility index (Phi) is 7.38. The molecule has 2 aromatic heterocycles. The summed E-state index contributed by atoms with van der Waals surface area (Å²) in [6, 6.07) is 8.94. The van der Waals surface area contributed by atoms with Gasteiger partial charge in [0.1, 0.15) is 5.69 Å². The first kappa shape index (κ1) is 22.5.